The van der Waals surface area contributed by atoms with Gasteiger partial charge in [0.05, 0.1) is 12.1 Å². The number of rotatable bonds is 24. The maximum atomic E-state index is 13.7. The number of hydrogen-bond acceptors (Lipinski definition) is 9. The monoisotopic (exact) mass is 761 g/mol. The molecule has 0 aliphatic heterocycles. The van der Waals surface area contributed by atoms with Gasteiger partial charge in [0.15, 0.2) is 5.96 Å². The van der Waals surface area contributed by atoms with E-state index in [1.165, 1.54) is 6.92 Å². The van der Waals surface area contributed by atoms with E-state index < -0.39 is 77.9 Å². The summed E-state index contributed by atoms with van der Waals surface area (Å²) in [7, 11) is 0. The summed E-state index contributed by atoms with van der Waals surface area (Å²) in [4.78, 5) is 83.0. The van der Waals surface area contributed by atoms with Gasteiger partial charge in [0.2, 0.25) is 29.5 Å². The third-order valence-electron chi connectivity index (χ3n) is 8.28. The fraction of sp³-hybridized carbons (Fsp3) is 0.649. The predicted molar refractivity (Wildman–Crippen MR) is 205 cm³/mol. The Hall–Kier alpha value is -4.77. The van der Waals surface area contributed by atoms with Crippen molar-refractivity contribution < 1.29 is 39.0 Å². The molecule has 0 saturated carbocycles. The molecule has 0 saturated heterocycles. The Labute approximate surface area is 318 Å². The largest absolute Gasteiger partial charge is 0.480 e. The van der Waals surface area contributed by atoms with E-state index in [4.69, 9.17) is 17.2 Å². The van der Waals surface area contributed by atoms with Gasteiger partial charge in [-0.1, -0.05) is 71.9 Å². The van der Waals surface area contributed by atoms with Crippen LogP contribution in [0.2, 0.25) is 0 Å². The highest BCUT2D eigenvalue weighted by Crippen LogP contribution is 2.12. The summed E-state index contributed by atoms with van der Waals surface area (Å²) < 4.78 is 0. The Morgan fingerprint density at radius 3 is 1.50 bits per heavy atom. The average Bonchev–Trinajstić information content (AvgIpc) is 3.06. The van der Waals surface area contributed by atoms with Crippen molar-refractivity contribution in [3.05, 3.63) is 35.9 Å². The molecule has 304 valence electrons. The number of hydrogen-bond donors (Lipinski definition) is 10. The summed E-state index contributed by atoms with van der Waals surface area (Å²) in [6.07, 6.45) is -0.381. The van der Waals surface area contributed by atoms with Gasteiger partial charge in [-0.25, -0.2) is 4.79 Å². The van der Waals surface area contributed by atoms with Gasteiger partial charge in [0.1, 0.15) is 30.2 Å². The molecule has 0 bridgehead atoms. The number of nitrogens with two attached hydrogens (primary N) is 3. The van der Waals surface area contributed by atoms with Crippen molar-refractivity contribution in [1.29, 1.82) is 0 Å². The highest BCUT2D eigenvalue weighted by atomic mass is 16.4. The molecule has 17 heteroatoms. The molecule has 7 atom stereocenters. The molecule has 0 spiro atoms. The van der Waals surface area contributed by atoms with E-state index in [1.54, 1.807) is 0 Å². The molecule has 0 unspecified atom stereocenters. The number of amides is 5. The van der Waals surface area contributed by atoms with E-state index in [2.05, 4.69) is 31.6 Å². The summed E-state index contributed by atoms with van der Waals surface area (Å²) in [6, 6.07) is 1.98. The predicted octanol–water partition coefficient (Wildman–Crippen LogP) is -0.362. The van der Waals surface area contributed by atoms with E-state index >= 15 is 0 Å². The van der Waals surface area contributed by atoms with Crippen LogP contribution in [0.3, 0.4) is 0 Å². The number of nitrogens with one attached hydrogen (secondary N) is 5. The Morgan fingerprint density at radius 2 is 1.07 bits per heavy atom. The number of carbonyl (C=O) groups is 6. The summed E-state index contributed by atoms with van der Waals surface area (Å²) in [5, 5.41) is 33.3. The first-order valence-corrected chi connectivity index (χ1v) is 18.5. The topological polar surface area (TPSA) is 293 Å². The molecule has 0 aliphatic rings. The zero-order chi connectivity index (χ0) is 41.1. The molecular weight excluding hydrogens is 698 g/mol. The highest BCUT2D eigenvalue weighted by molar-refractivity contribution is 5.96. The van der Waals surface area contributed by atoms with E-state index in [9.17, 15) is 39.0 Å². The molecule has 0 radical (unpaired) electrons. The first-order chi connectivity index (χ1) is 25.2. The van der Waals surface area contributed by atoms with Gasteiger partial charge < -0.3 is 54.0 Å². The lowest BCUT2D eigenvalue weighted by atomic mass is 9.99. The van der Waals surface area contributed by atoms with Gasteiger partial charge in [0, 0.05) is 6.54 Å². The molecule has 13 N–H and O–H groups in total. The molecule has 1 aromatic carbocycles. The average molecular weight is 762 g/mol. The quantitative estimate of drug-likeness (QED) is 0.0369. The Morgan fingerprint density at radius 1 is 0.648 bits per heavy atom. The number of carboxylic acid groups (broad SMARTS) is 1. The Bertz CT molecular complexity index is 1400. The number of carbonyl (C=O) groups excluding carboxylic acids is 5. The second-order valence-corrected chi connectivity index (χ2v) is 14.9. The van der Waals surface area contributed by atoms with Crippen LogP contribution in [0.25, 0.3) is 0 Å². The summed E-state index contributed by atoms with van der Waals surface area (Å²) in [6.45, 7) is 12.5. The van der Waals surface area contributed by atoms with E-state index in [0.29, 0.717) is 0 Å². The van der Waals surface area contributed by atoms with Crippen LogP contribution < -0.4 is 43.8 Å². The van der Waals surface area contributed by atoms with Crippen LogP contribution in [0, 0.1) is 17.8 Å². The number of aliphatic hydroxyl groups excluding tert-OH is 1. The number of aliphatic imine (C=N–C) groups is 1. The van der Waals surface area contributed by atoms with Crippen LogP contribution in [-0.4, -0.2) is 101 Å². The summed E-state index contributed by atoms with van der Waals surface area (Å²) in [5.41, 5.74) is 17.6. The van der Waals surface area contributed by atoms with Gasteiger partial charge in [-0.15, -0.1) is 0 Å². The Balaban J connectivity index is 3.15. The fourth-order valence-corrected chi connectivity index (χ4v) is 5.57. The van der Waals surface area contributed by atoms with Crippen molar-refractivity contribution in [3.8, 4) is 0 Å². The first-order valence-electron chi connectivity index (χ1n) is 18.5. The van der Waals surface area contributed by atoms with Crippen LogP contribution in [-0.2, 0) is 35.2 Å². The van der Waals surface area contributed by atoms with Crippen LogP contribution in [0.1, 0.15) is 86.1 Å². The Kier molecular flexibility index (Phi) is 20.8. The van der Waals surface area contributed by atoms with Gasteiger partial charge >= 0.3 is 5.97 Å². The van der Waals surface area contributed by atoms with Gasteiger partial charge in [0.25, 0.3) is 0 Å². The van der Waals surface area contributed by atoms with Gasteiger partial charge in [-0.05, 0) is 68.8 Å². The zero-order valence-corrected chi connectivity index (χ0v) is 32.6. The second kappa shape index (κ2) is 23.8. The number of guanidine groups is 1. The third kappa shape index (κ3) is 18.3. The van der Waals surface area contributed by atoms with E-state index in [0.717, 1.165) is 5.56 Å². The standard InChI is InChI=1S/C37H63N9O8/c1-20(2)16-27(32(49)42-26(36(53)54)14-11-15-41-37(39)40)44-33(50)28(17-21(3)4)45-35(52)30(23(7)47)46-34(51)29(18-22(5)6)43-31(48)25(38)19-24-12-9-8-10-13-24/h8-10,12-13,20-23,25-30,47H,11,14-19,38H2,1-7H3,(H,42,49)(H,43,48)(H,44,50)(H,45,52)(H,46,51)(H,53,54)(H4,39,40,41)/t23-,25+,26+,27+,28+,29+,30+/m1/s1. The molecule has 5 amide bonds. The van der Waals surface area contributed by atoms with Gasteiger partial charge in [-0.3, -0.25) is 29.0 Å². The lowest BCUT2D eigenvalue weighted by molar-refractivity contribution is -0.142. The maximum Gasteiger partial charge on any atom is 0.326 e. The highest BCUT2D eigenvalue weighted by Gasteiger charge is 2.35. The minimum Gasteiger partial charge on any atom is -0.480 e. The number of benzene rings is 1. The van der Waals surface area contributed by atoms with Gasteiger partial charge in [-0.2, -0.15) is 0 Å². The number of carboxylic acids is 1. The van der Waals surface area contributed by atoms with E-state index in [1.807, 2.05) is 71.9 Å². The molecule has 0 fully saturated rings. The van der Waals surface area contributed by atoms with Crippen LogP contribution in [0.15, 0.2) is 35.3 Å². The minimum atomic E-state index is -1.52. The molecule has 1 rings (SSSR count). The molecule has 0 aliphatic carbocycles. The molecule has 1 aromatic rings. The maximum absolute atomic E-state index is 13.7. The number of aliphatic carboxylic acids is 1. The number of nitrogens with zero attached hydrogens (tertiary/aromatic N) is 1. The lowest BCUT2D eigenvalue weighted by Crippen LogP contribution is -2.61. The van der Waals surface area contributed by atoms with Crippen LogP contribution in [0.4, 0.5) is 0 Å². The molecule has 0 aromatic heterocycles. The number of aliphatic hydroxyl groups is 1. The fourth-order valence-electron chi connectivity index (χ4n) is 5.57. The van der Waals surface area contributed by atoms with Crippen molar-refractivity contribution in [3.63, 3.8) is 0 Å². The van der Waals surface area contributed by atoms with Crippen molar-refractivity contribution in [1.82, 2.24) is 26.6 Å². The normalized spacial score (nSPS) is 15.2. The summed E-state index contributed by atoms with van der Waals surface area (Å²) in [5.74, 6) is -5.28. The molecule has 17 nitrogen and oxygen atoms in total. The smallest absolute Gasteiger partial charge is 0.326 e. The van der Waals surface area contributed by atoms with E-state index in [-0.39, 0.29) is 68.8 Å². The first kappa shape index (κ1) is 47.3. The lowest BCUT2D eigenvalue weighted by Gasteiger charge is -2.29. The van der Waals surface area contributed by atoms with Crippen molar-refractivity contribution >= 4 is 41.5 Å². The van der Waals surface area contributed by atoms with Crippen molar-refractivity contribution in [2.75, 3.05) is 6.54 Å². The third-order valence-corrected chi connectivity index (χ3v) is 8.28. The molecule has 0 heterocycles. The summed E-state index contributed by atoms with van der Waals surface area (Å²) >= 11 is 0. The zero-order valence-electron chi connectivity index (χ0n) is 32.6. The van der Waals surface area contributed by atoms with Crippen molar-refractivity contribution in [2.45, 2.75) is 129 Å². The minimum absolute atomic E-state index is 0.0287. The van der Waals surface area contributed by atoms with Crippen LogP contribution >= 0.6 is 0 Å². The second-order valence-electron chi connectivity index (χ2n) is 14.9. The van der Waals surface area contributed by atoms with Crippen LogP contribution in [0.5, 0.6) is 0 Å². The molecule has 54 heavy (non-hydrogen) atoms. The molecular formula is C37H63N9O8. The van der Waals surface area contributed by atoms with Crippen molar-refractivity contribution in [2.24, 2.45) is 39.9 Å². The SMILES string of the molecule is CC(C)C[C@H](NC(=O)[C@H](CC(C)C)NC(=O)[C@@H](NC(=O)[C@H](CC(C)C)NC(=O)[C@@H](N)Cc1ccccc1)[C@@H](C)O)C(=O)N[C@@H](CCCN=C(N)N)C(=O)O.